The van der Waals surface area contributed by atoms with Crippen LogP contribution < -0.4 is 14.9 Å². The van der Waals surface area contributed by atoms with Crippen molar-refractivity contribution in [3.63, 3.8) is 0 Å². The number of rotatable bonds is 2. The monoisotopic (exact) mass is 291 g/mol. The Morgan fingerprint density at radius 3 is 2.77 bits per heavy atom. The maximum Gasteiger partial charge on any atom is 0.231 e. The Morgan fingerprint density at radius 1 is 0.955 bits per heavy atom. The fraction of sp³-hybridized carbons (Fsp3) is 0.0556. The number of benzene rings is 2. The second-order valence-corrected chi connectivity index (χ2v) is 5.08. The molecule has 4 heteroatoms. The molecular weight excluding hydrogens is 278 g/mol. The summed E-state index contributed by atoms with van der Waals surface area (Å²) in [6.07, 6.45) is 3.81. The van der Waals surface area contributed by atoms with E-state index in [4.69, 9.17) is 9.47 Å². The standard InChI is InChI=1S/C18H13NO3/c20-16-10-13(19-15-4-2-1-3-14(15)16)7-5-12-6-8-17-18(9-12)22-11-21-17/h1-10H,11H2,(H,19,20)/b7-5+. The highest BCUT2D eigenvalue weighted by atomic mass is 16.7. The van der Waals surface area contributed by atoms with Crippen LogP contribution in [0.15, 0.2) is 53.3 Å². The zero-order valence-electron chi connectivity index (χ0n) is 11.7. The van der Waals surface area contributed by atoms with Crippen LogP contribution in [-0.4, -0.2) is 11.8 Å². The number of H-pyrrole nitrogens is 1. The predicted octanol–water partition coefficient (Wildman–Crippen LogP) is 3.43. The lowest BCUT2D eigenvalue weighted by Gasteiger charge is -2.01. The maximum atomic E-state index is 12.1. The molecule has 1 aliphatic rings. The first-order chi connectivity index (χ1) is 10.8. The number of hydrogen-bond donors (Lipinski definition) is 1. The summed E-state index contributed by atoms with van der Waals surface area (Å²) in [5.74, 6) is 1.51. The van der Waals surface area contributed by atoms with Gasteiger partial charge in [-0.05, 0) is 35.9 Å². The van der Waals surface area contributed by atoms with Crippen LogP contribution in [0.1, 0.15) is 11.3 Å². The molecule has 0 amide bonds. The molecule has 22 heavy (non-hydrogen) atoms. The molecule has 0 saturated carbocycles. The Kier molecular flexibility index (Phi) is 2.93. The summed E-state index contributed by atoms with van der Waals surface area (Å²) in [4.78, 5) is 15.3. The van der Waals surface area contributed by atoms with E-state index < -0.39 is 0 Å². The molecule has 3 aromatic rings. The van der Waals surface area contributed by atoms with Crippen molar-refractivity contribution in [3.05, 3.63) is 70.0 Å². The second-order valence-electron chi connectivity index (χ2n) is 5.08. The van der Waals surface area contributed by atoms with Gasteiger partial charge in [0.2, 0.25) is 6.79 Å². The lowest BCUT2D eigenvalue weighted by Crippen LogP contribution is -2.02. The van der Waals surface area contributed by atoms with E-state index in [9.17, 15) is 4.79 Å². The Balaban J connectivity index is 1.69. The van der Waals surface area contributed by atoms with Crippen molar-refractivity contribution in [3.8, 4) is 11.5 Å². The number of pyridine rings is 1. The largest absolute Gasteiger partial charge is 0.454 e. The van der Waals surface area contributed by atoms with Gasteiger partial charge in [-0.15, -0.1) is 0 Å². The Morgan fingerprint density at radius 2 is 1.82 bits per heavy atom. The van der Waals surface area contributed by atoms with Gasteiger partial charge in [-0.25, -0.2) is 0 Å². The summed E-state index contributed by atoms with van der Waals surface area (Å²) in [6, 6.07) is 14.8. The van der Waals surface area contributed by atoms with Crippen molar-refractivity contribution in [2.75, 3.05) is 6.79 Å². The van der Waals surface area contributed by atoms with Crippen molar-refractivity contribution in [2.24, 2.45) is 0 Å². The number of aromatic amines is 1. The molecule has 0 fully saturated rings. The Bertz CT molecular complexity index is 940. The van der Waals surface area contributed by atoms with Gasteiger partial charge in [-0.3, -0.25) is 4.79 Å². The van der Waals surface area contributed by atoms with Crippen LogP contribution in [-0.2, 0) is 0 Å². The van der Waals surface area contributed by atoms with Crippen LogP contribution in [0.4, 0.5) is 0 Å². The number of fused-ring (bicyclic) bond motifs is 2. The molecule has 1 aliphatic heterocycles. The van der Waals surface area contributed by atoms with Crippen molar-refractivity contribution in [1.82, 2.24) is 4.98 Å². The first-order valence-corrected chi connectivity index (χ1v) is 6.99. The maximum absolute atomic E-state index is 12.1. The van der Waals surface area contributed by atoms with Gasteiger partial charge in [0.25, 0.3) is 0 Å². The molecule has 2 heterocycles. The lowest BCUT2D eigenvalue weighted by atomic mass is 10.1. The predicted molar refractivity (Wildman–Crippen MR) is 86.1 cm³/mol. The first-order valence-electron chi connectivity index (χ1n) is 6.99. The minimum atomic E-state index is 0.0136. The van der Waals surface area contributed by atoms with E-state index in [1.54, 1.807) is 6.07 Å². The van der Waals surface area contributed by atoms with Gasteiger partial charge in [0, 0.05) is 22.7 Å². The number of ether oxygens (including phenoxy) is 2. The molecule has 0 bridgehead atoms. The van der Waals surface area contributed by atoms with Crippen molar-refractivity contribution < 1.29 is 9.47 Å². The average molecular weight is 291 g/mol. The molecule has 1 aromatic heterocycles. The van der Waals surface area contributed by atoms with E-state index in [1.807, 2.05) is 54.6 Å². The van der Waals surface area contributed by atoms with Gasteiger partial charge in [-0.1, -0.05) is 24.3 Å². The van der Waals surface area contributed by atoms with Crippen LogP contribution in [0.3, 0.4) is 0 Å². The average Bonchev–Trinajstić information content (AvgIpc) is 3.00. The molecule has 0 saturated heterocycles. The third-order valence-corrected chi connectivity index (χ3v) is 3.61. The topological polar surface area (TPSA) is 51.3 Å². The lowest BCUT2D eigenvalue weighted by molar-refractivity contribution is 0.174. The molecule has 0 atom stereocenters. The van der Waals surface area contributed by atoms with E-state index in [2.05, 4.69) is 4.98 Å². The fourth-order valence-corrected chi connectivity index (χ4v) is 2.51. The highest BCUT2D eigenvalue weighted by Gasteiger charge is 2.12. The SMILES string of the molecule is O=c1cc(/C=C/c2ccc3c(c2)OCO3)[nH]c2ccccc12. The zero-order valence-corrected chi connectivity index (χ0v) is 11.7. The van der Waals surface area contributed by atoms with Gasteiger partial charge in [0.05, 0.1) is 0 Å². The summed E-state index contributed by atoms with van der Waals surface area (Å²) in [5.41, 5.74) is 2.60. The molecule has 1 N–H and O–H groups in total. The molecular formula is C18H13NO3. The normalized spacial score (nSPS) is 13.1. The van der Waals surface area contributed by atoms with Gasteiger partial charge < -0.3 is 14.5 Å². The van der Waals surface area contributed by atoms with Crippen molar-refractivity contribution >= 4 is 23.1 Å². The second kappa shape index (κ2) is 5.07. The summed E-state index contributed by atoms with van der Waals surface area (Å²) in [5, 5.41) is 0.697. The molecule has 4 rings (SSSR count). The van der Waals surface area contributed by atoms with Crippen LogP contribution in [0.2, 0.25) is 0 Å². The quantitative estimate of drug-likeness (QED) is 0.787. The molecule has 0 aliphatic carbocycles. The van der Waals surface area contributed by atoms with Crippen LogP contribution in [0.5, 0.6) is 11.5 Å². The van der Waals surface area contributed by atoms with Crippen LogP contribution in [0, 0.1) is 0 Å². The molecule has 2 aromatic carbocycles. The summed E-state index contributed by atoms with van der Waals surface area (Å²) < 4.78 is 10.6. The highest BCUT2D eigenvalue weighted by Crippen LogP contribution is 2.32. The highest BCUT2D eigenvalue weighted by molar-refractivity contribution is 5.80. The van der Waals surface area contributed by atoms with Crippen molar-refractivity contribution in [1.29, 1.82) is 0 Å². The van der Waals surface area contributed by atoms with E-state index in [0.717, 1.165) is 28.3 Å². The van der Waals surface area contributed by atoms with Gasteiger partial charge in [0.15, 0.2) is 16.9 Å². The molecule has 0 unspecified atom stereocenters. The van der Waals surface area contributed by atoms with E-state index in [1.165, 1.54) is 0 Å². The number of para-hydroxylation sites is 1. The van der Waals surface area contributed by atoms with Gasteiger partial charge in [-0.2, -0.15) is 0 Å². The fourth-order valence-electron chi connectivity index (χ4n) is 2.51. The first kappa shape index (κ1) is 12.7. The Hall–Kier alpha value is -3.01. The number of hydrogen-bond acceptors (Lipinski definition) is 3. The molecule has 108 valence electrons. The molecule has 0 radical (unpaired) electrons. The summed E-state index contributed by atoms with van der Waals surface area (Å²) >= 11 is 0. The third kappa shape index (κ3) is 2.24. The van der Waals surface area contributed by atoms with E-state index >= 15 is 0 Å². The van der Waals surface area contributed by atoms with Crippen LogP contribution >= 0.6 is 0 Å². The Labute approximate surface area is 126 Å². The van der Waals surface area contributed by atoms with Crippen molar-refractivity contribution in [2.45, 2.75) is 0 Å². The summed E-state index contributed by atoms with van der Waals surface area (Å²) in [6.45, 7) is 0.264. The number of aromatic nitrogens is 1. The van der Waals surface area contributed by atoms with Crippen LogP contribution in [0.25, 0.3) is 23.1 Å². The van der Waals surface area contributed by atoms with Gasteiger partial charge in [0.1, 0.15) is 0 Å². The minimum Gasteiger partial charge on any atom is -0.454 e. The third-order valence-electron chi connectivity index (χ3n) is 3.61. The molecule has 4 nitrogen and oxygen atoms in total. The van der Waals surface area contributed by atoms with E-state index in [0.29, 0.717) is 5.39 Å². The number of nitrogens with one attached hydrogen (secondary N) is 1. The zero-order chi connectivity index (χ0) is 14.9. The summed E-state index contributed by atoms with van der Waals surface area (Å²) in [7, 11) is 0. The minimum absolute atomic E-state index is 0.0136. The molecule has 0 spiro atoms. The van der Waals surface area contributed by atoms with E-state index in [-0.39, 0.29) is 12.2 Å². The van der Waals surface area contributed by atoms with Gasteiger partial charge >= 0.3 is 0 Å². The smallest absolute Gasteiger partial charge is 0.231 e.